The quantitative estimate of drug-likeness (QED) is 0.561. The summed E-state index contributed by atoms with van der Waals surface area (Å²) >= 11 is 0. The molecule has 0 heterocycles. The van der Waals surface area contributed by atoms with Crippen molar-refractivity contribution in [1.29, 1.82) is 0 Å². The maximum Gasteiger partial charge on any atom is 0.0806 e. The minimum atomic E-state index is 0.157. The Labute approximate surface area is 56.1 Å². The van der Waals surface area contributed by atoms with E-state index in [2.05, 4.69) is 4.84 Å². The summed E-state index contributed by atoms with van der Waals surface area (Å²) < 4.78 is 4.84. The summed E-state index contributed by atoms with van der Waals surface area (Å²) in [5.74, 6) is 4.97. The zero-order chi connectivity index (χ0) is 7.11. The maximum atomic E-state index is 4.97. The molecule has 0 aromatic carbocycles. The fourth-order valence-corrected chi connectivity index (χ4v) is 0.618. The molecule has 0 aromatic heterocycles. The van der Waals surface area contributed by atoms with E-state index in [1.807, 2.05) is 6.92 Å². The van der Waals surface area contributed by atoms with Gasteiger partial charge < -0.3 is 9.57 Å². The van der Waals surface area contributed by atoms with Gasteiger partial charge in [0.1, 0.15) is 0 Å². The lowest BCUT2D eigenvalue weighted by Crippen LogP contribution is -2.17. The van der Waals surface area contributed by atoms with Gasteiger partial charge in [-0.1, -0.05) is 6.92 Å². The Morgan fingerprint density at radius 3 is 2.56 bits per heavy atom. The van der Waals surface area contributed by atoms with Crippen LogP contribution in [0.3, 0.4) is 0 Å². The van der Waals surface area contributed by atoms with Crippen molar-refractivity contribution >= 4 is 0 Å². The summed E-state index contributed by atoms with van der Waals surface area (Å²) in [6, 6.07) is 0. The SMILES string of the molecule is CCC(CCOC)ON. The highest BCUT2D eigenvalue weighted by molar-refractivity contribution is 4.51. The van der Waals surface area contributed by atoms with Crippen molar-refractivity contribution in [3.05, 3.63) is 0 Å². The molecule has 0 bridgehead atoms. The van der Waals surface area contributed by atoms with E-state index in [0.29, 0.717) is 0 Å². The van der Waals surface area contributed by atoms with E-state index in [-0.39, 0.29) is 6.10 Å². The van der Waals surface area contributed by atoms with E-state index in [0.717, 1.165) is 19.4 Å². The summed E-state index contributed by atoms with van der Waals surface area (Å²) in [4.78, 5) is 4.62. The second-order valence-electron chi connectivity index (χ2n) is 1.95. The van der Waals surface area contributed by atoms with Crippen LogP contribution in [0.1, 0.15) is 19.8 Å². The number of methoxy groups -OCH3 is 1. The highest BCUT2D eigenvalue weighted by atomic mass is 16.6. The molecular formula is C6H15NO2. The van der Waals surface area contributed by atoms with Crippen molar-refractivity contribution in [2.75, 3.05) is 13.7 Å². The molecule has 56 valence electrons. The lowest BCUT2D eigenvalue weighted by atomic mass is 10.2. The first-order chi connectivity index (χ1) is 4.35. The first-order valence-corrected chi connectivity index (χ1v) is 3.19. The largest absolute Gasteiger partial charge is 0.385 e. The maximum absolute atomic E-state index is 4.97. The third kappa shape index (κ3) is 4.39. The van der Waals surface area contributed by atoms with E-state index in [1.54, 1.807) is 7.11 Å². The Kier molecular flexibility index (Phi) is 5.93. The van der Waals surface area contributed by atoms with Crippen LogP contribution in [0.2, 0.25) is 0 Å². The summed E-state index contributed by atoms with van der Waals surface area (Å²) in [5.41, 5.74) is 0. The molecule has 0 aliphatic carbocycles. The Morgan fingerprint density at radius 2 is 2.22 bits per heavy atom. The highest BCUT2D eigenvalue weighted by Crippen LogP contribution is 1.99. The van der Waals surface area contributed by atoms with Crippen LogP contribution >= 0.6 is 0 Å². The van der Waals surface area contributed by atoms with E-state index >= 15 is 0 Å². The van der Waals surface area contributed by atoms with Gasteiger partial charge in [-0.2, -0.15) is 0 Å². The summed E-state index contributed by atoms with van der Waals surface area (Å²) in [5, 5.41) is 0. The highest BCUT2D eigenvalue weighted by Gasteiger charge is 2.02. The fraction of sp³-hybridized carbons (Fsp3) is 1.00. The number of hydrogen-bond acceptors (Lipinski definition) is 3. The van der Waals surface area contributed by atoms with Crippen LogP contribution in [-0.4, -0.2) is 19.8 Å². The average Bonchev–Trinajstić information content (AvgIpc) is 1.91. The predicted octanol–water partition coefficient (Wildman–Crippen LogP) is 0.692. The third-order valence-electron chi connectivity index (χ3n) is 1.29. The molecule has 9 heavy (non-hydrogen) atoms. The van der Waals surface area contributed by atoms with Gasteiger partial charge in [0, 0.05) is 13.7 Å². The number of ether oxygens (including phenoxy) is 1. The van der Waals surface area contributed by atoms with E-state index in [4.69, 9.17) is 10.6 Å². The Morgan fingerprint density at radius 1 is 1.56 bits per heavy atom. The van der Waals surface area contributed by atoms with Crippen molar-refractivity contribution < 1.29 is 9.57 Å². The summed E-state index contributed by atoms with van der Waals surface area (Å²) in [6.45, 7) is 2.75. The molecule has 0 fully saturated rings. The van der Waals surface area contributed by atoms with Gasteiger partial charge in [0.15, 0.2) is 0 Å². The van der Waals surface area contributed by atoms with E-state index in [1.165, 1.54) is 0 Å². The van der Waals surface area contributed by atoms with Crippen LogP contribution in [0.15, 0.2) is 0 Å². The molecule has 2 N–H and O–H groups in total. The molecule has 0 saturated carbocycles. The fourth-order valence-electron chi connectivity index (χ4n) is 0.618. The molecule has 0 amide bonds. The van der Waals surface area contributed by atoms with Crippen LogP contribution in [0.5, 0.6) is 0 Å². The molecule has 0 aliphatic heterocycles. The van der Waals surface area contributed by atoms with Crippen LogP contribution in [-0.2, 0) is 9.57 Å². The zero-order valence-corrected chi connectivity index (χ0v) is 6.09. The van der Waals surface area contributed by atoms with Crippen molar-refractivity contribution in [1.82, 2.24) is 0 Å². The molecular weight excluding hydrogens is 118 g/mol. The average molecular weight is 133 g/mol. The van der Waals surface area contributed by atoms with Gasteiger partial charge in [0.2, 0.25) is 0 Å². The molecule has 0 aromatic rings. The molecule has 0 rings (SSSR count). The van der Waals surface area contributed by atoms with Crippen LogP contribution in [0, 0.1) is 0 Å². The van der Waals surface area contributed by atoms with Gasteiger partial charge in [-0.05, 0) is 12.8 Å². The van der Waals surface area contributed by atoms with Gasteiger partial charge in [-0.15, -0.1) is 0 Å². The number of nitrogens with two attached hydrogens (primary N) is 1. The predicted molar refractivity (Wildman–Crippen MR) is 35.8 cm³/mol. The third-order valence-corrected chi connectivity index (χ3v) is 1.29. The minimum Gasteiger partial charge on any atom is -0.385 e. The van der Waals surface area contributed by atoms with Gasteiger partial charge >= 0.3 is 0 Å². The standard InChI is InChI=1S/C6H15NO2/c1-3-6(9-7)4-5-8-2/h6H,3-5,7H2,1-2H3. The molecule has 0 aliphatic rings. The van der Waals surface area contributed by atoms with Gasteiger partial charge in [-0.3, -0.25) is 0 Å². The van der Waals surface area contributed by atoms with Gasteiger partial charge in [0.25, 0.3) is 0 Å². The second-order valence-corrected chi connectivity index (χ2v) is 1.95. The first-order valence-electron chi connectivity index (χ1n) is 3.19. The monoisotopic (exact) mass is 133 g/mol. The zero-order valence-electron chi connectivity index (χ0n) is 6.09. The van der Waals surface area contributed by atoms with Gasteiger partial charge in [-0.25, -0.2) is 5.90 Å². The smallest absolute Gasteiger partial charge is 0.0806 e. The Hall–Kier alpha value is -0.120. The Balaban J connectivity index is 3.09. The van der Waals surface area contributed by atoms with Crippen molar-refractivity contribution in [2.45, 2.75) is 25.9 Å². The van der Waals surface area contributed by atoms with Crippen molar-refractivity contribution in [3.63, 3.8) is 0 Å². The lowest BCUT2D eigenvalue weighted by molar-refractivity contribution is 0.0266. The van der Waals surface area contributed by atoms with Crippen LogP contribution in [0.25, 0.3) is 0 Å². The minimum absolute atomic E-state index is 0.157. The van der Waals surface area contributed by atoms with Crippen molar-refractivity contribution in [2.24, 2.45) is 5.90 Å². The molecule has 0 radical (unpaired) electrons. The summed E-state index contributed by atoms with van der Waals surface area (Å²) in [6.07, 6.45) is 1.98. The molecule has 1 unspecified atom stereocenters. The number of rotatable bonds is 5. The van der Waals surface area contributed by atoms with E-state index < -0.39 is 0 Å². The molecule has 0 spiro atoms. The van der Waals surface area contributed by atoms with Crippen molar-refractivity contribution in [3.8, 4) is 0 Å². The topological polar surface area (TPSA) is 44.5 Å². The first kappa shape index (κ1) is 8.88. The molecule has 3 heteroatoms. The Bertz CT molecular complexity index is 55.0. The van der Waals surface area contributed by atoms with Crippen LogP contribution in [0.4, 0.5) is 0 Å². The van der Waals surface area contributed by atoms with E-state index in [9.17, 15) is 0 Å². The number of hydrogen-bond donors (Lipinski definition) is 1. The summed E-state index contributed by atoms with van der Waals surface area (Å²) in [7, 11) is 1.67. The van der Waals surface area contributed by atoms with Gasteiger partial charge in [0.05, 0.1) is 6.10 Å². The molecule has 3 nitrogen and oxygen atoms in total. The normalized spacial score (nSPS) is 13.7. The van der Waals surface area contributed by atoms with Crippen LogP contribution < -0.4 is 5.90 Å². The second kappa shape index (κ2) is 6.01. The lowest BCUT2D eigenvalue weighted by Gasteiger charge is -2.09. The molecule has 0 saturated heterocycles. The molecule has 1 atom stereocenters.